The summed E-state index contributed by atoms with van der Waals surface area (Å²) in [7, 11) is 1.53. The van der Waals surface area contributed by atoms with Crippen molar-refractivity contribution in [3.05, 3.63) is 75.1 Å². The Bertz CT molecular complexity index is 1380. The molecule has 0 N–H and O–H groups in total. The lowest BCUT2D eigenvalue weighted by molar-refractivity contribution is -0.147. The molecule has 0 aromatic heterocycles. The molecule has 37 heavy (non-hydrogen) atoms. The Morgan fingerprint density at radius 2 is 1.86 bits per heavy atom. The van der Waals surface area contributed by atoms with Crippen molar-refractivity contribution in [2.24, 2.45) is 5.92 Å². The van der Waals surface area contributed by atoms with Gasteiger partial charge in [0.05, 0.1) is 23.1 Å². The number of rotatable bonds is 9. The number of benzene rings is 3. The van der Waals surface area contributed by atoms with Crippen LogP contribution in [0.1, 0.15) is 25.0 Å². The van der Waals surface area contributed by atoms with Crippen molar-refractivity contribution < 1.29 is 28.6 Å². The molecule has 3 aromatic rings. The van der Waals surface area contributed by atoms with Gasteiger partial charge in [-0.2, -0.15) is 0 Å². The fraction of sp³-hybridized carbons (Fsp3) is 0.250. The first-order chi connectivity index (χ1) is 17.8. The number of halogens is 1. The van der Waals surface area contributed by atoms with Crippen LogP contribution < -0.4 is 9.47 Å². The van der Waals surface area contributed by atoms with Crippen LogP contribution in [-0.4, -0.2) is 42.3 Å². The molecule has 0 spiro atoms. The first-order valence-corrected chi connectivity index (χ1v) is 13.3. The lowest BCUT2D eigenvalue weighted by Crippen LogP contribution is -2.34. The Labute approximate surface area is 227 Å². The zero-order valence-corrected chi connectivity index (χ0v) is 23.1. The van der Waals surface area contributed by atoms with Crippen LogP contribution in [0.4, 0.5) is 4.79 Å². The molecule has 0 saturated carbocycles. The van der Waals surface area contributed by atoms with Gasteiger partial charge in [-0.1, -0.05) is 56.3 Å². The number of carbonyl (C=O) groups is 3. The summed E-state index contributed by atoms with van der Waals surface area (Å²) < 4.78 is 17.4. The number of methoxy groups -OCH3 is 1. The van der Waals surface area contributed by atoms with E-state index in [2.05, 4.69) is 34.1 Å². The van der Waals surface area contributed by atoms with Crippen molar-refractivity contribution in [1.82, 2.24) is 4.90 Å². The normalized spacial score (nSPS) is 14.6. The SMILES string of the molecule is COc1cc(/C=C2/SC(=O)N(CC(=O)OCC(C)C)C2=O)cc(Br)c1OCc1cccc2ccccc12. The van der Waals surface area contributed by atoms with E-state index in [9.17, 15) is 14.4 Å². The third-order valence-electron chi connectivity index (χ3n) is 5.54. The van der Waals surface area contributed by atoms with Gasteiger partial charge in [0.2, 0.25) is 0 Å². The minimum atomic E-state index is -0.616. The van der Waals surface area contributed by atoms with E-state index in [1.54, 1.807) is 18.2 Å². The lowest BCUT2D eigenvalue weighted by atomic mass is 10.1. The monoisotopic (exact) mass is 583 g/mol. The highest BCUT2D eigenvalue weighted by atomic mass is 79.9. The van der Waals surface area contributed by atoms with Crippen molar-refractivity contribution in [2.75, 3.05) is 20.3 Å². The number of nitrogens with zero attached hydrogens (tertiary/aromatic N) is 1. The number of hydrogen-bond donors (Lipinski definition) is 0. The van der Waals surface area contributed by atoms with Gasteiger partial charge in [-0.15, -0.1) is 0 Å². The van der Waals surface area contributed by atoms with Crippen molar-refractivity contribution in [2.45, 2.75) is 20.5 Å². The second-order valence-electron chi connectivity index (χ2n) is 8.81. The Hall–Kier alpha value is -3.30. The Kier molecular flexibility index (Phi) is 8.56. The van der Waals surface area contributed by atoms with Gasteiger partial charge in [-0.25, -0.2) is 0 Å². The summed E-state index contributed by atoms with van der Waals surface area (Å²) in [6.07, 6.45) is 1.59. The molecule has 1 saturated heterocycles. The van der Waals surface area contributed by atoms with Crippen molar-refractivity contribution >= 4 is 61.7 Å². The summed E-state index contributed by atoms with van der Waals surface area (Å²) in [5, 5.41) is 1.73. The molecule has 4 rings (SSSR count). The minimum Gasteiger partial charge on any atom is -0.493 e. The predicted octanol–water partition coefficient (Wildman–Crippen LogP) is 6.43. The zero-order valence-electron chi connectivity index (χ0n) is 20.7. The summed E-state index contributed by atoms with van der Waals surface area (Å²) in [4.78, 5) is 38.3. The van der Waals surface area contributed by atoms with Gasteiger partial charge >= 0.3 is 5.97 Å². The molecule has 0 bridgehead atoms. The van der Waals surface area contributed by atoms with Gasteiger partial charge < -0.3 is 14.2 Å². The summed E-state index contributed by atoms with van der Waals surface area (Å²) in [6.45, 7) is 3.96. The third kappa shape index (κ3) is 6.34. The van der Waals surface area contributed by atoms with Gasteiger partial charge in [0.1, 0.15) is 13.2 Å². The number of amides is 2. The number of imide groups is 1. The van der Waals surface area contributed by atoms with Crippen molar-refractivity contribution in [3.8, 4) is 11.5 Å². The highest BCUT2D eigenvalue weighted by Gasteiger charge is 2.36. The molecule has 1 aliphatic rings. The molecule has 3 aromatic carbocycles. The van der Waals surface area contributed by atoms with E-state index < -0.39 is 23.7 Å². The van der Waals surface area contributed by atoms with E-state index >= 15 is 0 Å². The summed E-state index contributed by atoms with van der Waals surface area (Å²) >= 11 is 4.33. The van der Waals surface area contributed by atoms with Crippen LogP contribution in [0.2, 0.25) is 0 Å². The summed E-state index contributed by atoms with van der Waals surface area (Å²) in [5.41, 5.74) is 1.67. The van der Waals surface area contributed by atoms with E-state index in [1.165, 1.54) is 7.11 Å². The fourth-order valence-corrected chi connectivity index (χ4v) is 5.17. The molecule has 1 aliphatic heterocycles. The molecule has 0 atom stereocenters. The van der Waals surface area contributed by atoms with Crippen LogP contribution in [0, 0.1) is 5.92 Å². The second kappa shape index (κ2) is 11.8. The number of thioether (sulfide) groups is 1. The minimum absolute atomic E-state index is 0.158. The maximum absolute atomic E-state index is 12.8. The highest BCUT2D eigenvalue weighted by Crippen LogP contribution is 2.39. The number of esters is 1. The molecular weight excluding hydrogens is 558 g/mol. The largest absolute Gasteiger partial charge is 0.493 e. The Morgan fingerprint density at radius 1 is 1.11 bits per heavy atom. The van der Waals surface area contributed by atoms with Crippen LogP contribution in [-0.2, 0) is 20.9 Å². The first kappa shape index (κ1) is 26.8. The quantitative estimate of drug-likeness (QED) is 0.212. The van der Waals surface area contributed by atoms with Crippen molar-refractivity contribution in [1.29, 1.82) is 0 Å². The fourth-order valence-electron chi connectivity index (χ4n) is 3.75. The standard InChI is InChI=1S/C28H26BrNO6S/c1-17(2)15-35-25(31)14-30-27(32)24(37-28(30)33)13-18-11-22(29)26(23(12-18)34-3)36-16-20-9-6-8-19-7-4-5-10-21(19)20/h4-13,17H,14-16H2,1-3H3/b24-13+. The van der Waals surface area contributed by atoms with Crippen LogP contribution in [0.15, 0.2) is 64.0 Å². The maximum atomic E-state index is 12.8. The molecule has 9 heteroatoms. The topological polar surface area (TPSA) is 82.1 Å². The van der Waals surface area contributed by atoms with E-state index in [0.29, 0.717) is 28.1 Å². The van der Waals surface area contributed by atoms with E-state index in [4.69, 9.17) is 14.2 Å². The van der Waals surface area contributed by atoms with E-state index in [1.807, 2.05) is 38.1 Å². The molecule has 192 valence electrons. The van der Waals surface area contributed by atoms with Crippen LogP contribution >= 0.6 is 27.7 Å². The van der Waals surface area contributed by atoms with Gasteiger partial charge in [0.25, 0.3) is 11.1 Å². The number of fused-ring (bicyclic) bond motifs is 1. The zero-order chi connectivity index (χ0) is 26.5. The smallest absolute Gasteiger partial charge is 0.326 e. The van der Waals surface area contributed by atoms with E-state index in [-0.39, 0.29) is 17.4 Å². The molecule has 2 amide bonds. The average Bonchev–Trinajstić information content (AvgIpc) is 3.13. The lowest BCUT2D eigenvalue weighted by Gasteiger charge is -2.15. The molecule has 0 radical (unpaired) electrons. The Morgan fingerprint density at radius 3 is 2.62 bits per heavy atom. The number of carbonyl (C=O) groups excluding carboxylic acids is 3. The van der Waals surface area contributed by atoms with Crippen molar-refractivity contribution in [3.63, 3.8) is 0 Å². The molecule has 0 unspecified atom stereocenters. The van der Waals surface area contributed by atoms with Gasteiger partial charge in [0, 0.05) is 0 Å². The Balaban J connectivity index is 1.51. The van der Waals surface area contributed by atoms with E-state index in [0.717, 1.165) is 33.0 Å². The predicted molar refractivity (Wildman–Crippen MR) is 147 cm³/mol. The molecule has 1 fully saturated rings. The molecule has 7 nitrogen and oxygen atoms in total. The number of hydrogen-bond acceptors (Lipinski definition) is 7. The second-order valence-corrected chi connectivity index (χ2v) is 10.7. The first-order valence-electron chi connectivity index (χ1n) is 11.6. The molecule has 1 heterocycles. The molecular formula is C28H26BrNO6S. The highest BCUT2D eigenvalue weighted by molar-refractivity contribution is 9.10. The number of ether oxygens (including phenoxy) is 3. The third-order valence-corrected chi connectivity index (χ3v) is 7.04. The molecule has 0 aliphatic carbocycles. The van der Waals surface area contributed by atoms with Gasteiger partial charge in [-0.05, 0) is 73.7 Å². The van der Waals surface area contributed by atoms with Crippen LogP contribution in [0.25, 0.3) is 16.8 Å². The average molecular weight is 584 g/mol. The summed E-state index contributed by atoms with van der Waals surface area (Å²) in [5.74, 6) is -0.00523. The maximum Gasteiger partial charge on any atom is 0.326 e. The summed E-state index contributed by atoms with van der Waals surface area (Å²) in [6, 6.07) is 17.7. The van der Waals surface area contributed by atoms with Crippen LogP contribution in [0.3, 0.4) is 0 Å². The van der Waals surface area contributed by atoms with Gasteiger partial charge in [-0.3, -0.25) is 19.3 Å². The van der Waals surface area contributed by atoms with Gasteiger partial charge in [0.15, 0.2) is 11.5 Å². The van der Waals surface area contributed by atoms with Crippen LogP contribution in [0.5, 0.6) is 11.5 Å².